The van der Waals surface area contributed by atoms with Crippen LogP contribution in [0.2, 0.25) is 0 Å². The number of hydrogen-bond acceptors (Lipinski definition) is 10. The van der Waals surface area contributed by atoms with Gasteiger partial charge in [-0.2, -0.15) is 0 Å². The van der Waals surface area contributed by atoms with Crippen LogP contribution < -0.4 is 15.0 Å². The highest BCUT2D eigenvalue weighted by Crippen LogP contribution is 2.41. The molecule has 322 valence electrons. The summed E-state index contributed by atoms with van der Waals surface area (Å²) < 4.78 is 22.1. The number of likely N-dealkylation sites (tertiary alicyclic amines) is 2. The molecule has 0 aliphatic carbocycles. The summed E-state index contributed by atoms with van der Waals surface area (Å²) in [5, 5.41) is 22.1. The number of imide groups is 2. The zero-order valence-corrected chi connectivity index (χ0v) is 34.9. The van der Waals surface area contributed by atoms with Crippen LogP contribution in [-0.2, 0) is 9.59 Å². The number of nitrogens with zero attached hydrogens (tertiary/aromatic N) is 4. The van der Waals surface area contributed by atoms with Gasteiger partial charge < -0.3 is 19.8 Å². The quantitative estimate of drug-likeness (QED) is 0.108. The molecule has 0 spiro atoms. The van der Waals surface area contributed by atoms with Crippen LogP contribution in [0.5, 0.6) is 17.2 Å². The normalized spacial score (nSPS) is 22.5. The van der Waals surface area contributed by atoms with Crippen LogP contribution in [0.15, 0.2) is 84.9 Å². The summed E-state index contributed by atoms with van der Waals surface area (Å²) in [6.07, 6.45) is 4.88. The van der Waals surface area contributed by atoms with Gasteiger partial charge in [-0.15, -0.1) is 0 Å². The third kappa shape index (κ3) is 8.18. The van der Waals surface area contributed by atoms with Crippen molar-refractivity contribution in [3.63, 3.8) is 0 Å². The molecule has 9 rings (SSSR count). The number of piperidine rings is 2. The van der Waals surface area contributed by atoms with Crippen molar-refractivity contribution >= 4 is 40.5 Å². The molecule has 0 aromatic heterocycles. The van der Waals surface area contributed by atoms with Gasteiger partial charge in [0.05, 0.1) is 16.8 Å². The Kier molecular flexibility index (Phi) is 11.6. The fourth-order valence-electron chi connectivity index (χ4n) is 10.3. The third-order valence-corrected chi connectivity index (χ3v) is 13.4. The Bertz CT molecular complexity index is 2380. The number of anilines is 1. The van der Waals surface area contributed by atoms with Crippen LogP contribution in [0, 0.1) is 11.7 Å². The summed E-state index contributed by atoms with van der Waals surface area (Å²) in [5.74, 6) is -1.19. The van der Waals surface area contributed by atoms with Crippen LogP contribution in [0.4, 0.5) is 10.1 Å². The van der Waals surface area contributed by atoms with Gasteiger partial charge in [0, 0.05) is 44.7 Å². The Labute approximate surface area is 360 Å². The average Bonchev–Trinajstić information content (AvgIpc) is 3.66. The van der Waals surface area contributed by atoms with E-state index in [4.69, 9.17) is 4.74 Å². The van der Waals surface area contributed by atoms with Crippen molar-refractivity contribution in [3.8, 4) is 17.2 Å². The summed E-state index contributed by atoms with van der Waals surface area (Å²) >= 11 is 0. The van der Waals surface area contributed by atoms with E-state index in [1.165, 1.54) is 6.07 Å². The van der Waals surface area contributed by atoms with Crippen molar-refractivity contribution in [1.29, 1.82) is 0 Å². The van der Waals surface area contributed by atoms with Gasteiger partial charge in [-0.25, -0.2) is 4.39 Å². The Morgan fingerprint density at radius 3 is 1.92 bits per heavy atom. The number of hydrogen-bond donors (Lipinski definition) is 3. The number of carbonyl (C=O) groups excluding carboxylic acids is 4. The van der Waals surface area contributed by atoms with Gasteiger partial charge >= 0.3 is 0 Å². The first-order valence-electron chi connectivity index (χ1n) is 21.9. The number of rotatable bonds is 12. The minimum atomic E-state index is -1.09. The summed E-state index contributed by atoms with van der Waals surface area (Å²) in [5.41, 5.74) is 5.65. The lowest BCUT2D eigenvalue weighted by molar-refractivity contribution is -0.136. The molecular weight excluding hydrogens is 790 g/mol. The second kappa shape index (κ2) is 17.4. The predicted octanol–water partition coefficient (Wildman–Crippen LogP) is 6.45. The van der Waals surface area contributed by atoms with E-state index in [2.05, 4.69) is 39.1 Å². The molecule has 2 bridgehead atoms. The standard InChI is InChI=1S/C49H52FN5O7/c1-2-39(31-3-11-36(56)12-4-31)46(32-5-13-37(57)14-6-32)33-7-15-38(16-8-33)62-24-23-52-21-19-30(20-22-52)27-53-28-34-9-10-35(29-53)54(34)44-26-41-40(25-42(44)50)48(60)55(49(41)61)43-17-18-45(58)51-47(43)59/h3-8,11-16,25-26,30,34-35,43,56-57H,2,9-10,17-24,27-29H2,1H3,(H,51,58,59). The van der Waals surface area contributed by atoms with Gasteiger partial charge in [-0.1, -0.05) is 43.3 Å². The number of carbonyl (C=O) groups is 4. The first-order chi connectivity index (χ1) is 30.0. The minimum Gasteiger partial charge on any atom is -0.508 e. The van der Waals surface area contributed by atoms with E-state index in [9.17, 15) is 29.4 Å². The number of phenolic OH excluding ortho intramolecular Hbond substituents is 2. The van der Waals surface area contributed by atoms with Crippen LogP contribution in [0.1, 0.15) is 89.3 Å². The second-order valence-corrected chi connectivity index (χ2v) is 17.3. The molecule has 0 saturated carbocycles. The number of nitrogens with one attached hydrogen (secondary N) is 1. The molecule has 5 heterocycles. The highest BCUT2D eigenvalue weighted by molar-refractivity contribution is 6.23. The molecule has 4 aromatic rings. The molecule has 3 N–H and O–H groups in total. The molecule has 4 fully saturated rings. The number of phenols is 2. The first-order valence-corrected chi connectivity index (χ1v) is 21.9. The molecule has 4 aromatic carbocycles. The molecule has 5 aliphatic heterocycles. The van der Waals surface area contributed by atoms with Gasteiger partial charge in [0.15, 0.2) is 0 Å². The van der Waals surface area contributed by atoms with E-state index < -0.39 is 35.5 Å². The number of allylic oxidation sites excluding steroid dienone is 1. The van der Waals surface area contributed by atoms with Gasteiger partial charge in [0.1, 0.15) is 35.7 Å². The monoisotopic (exact) mass is 841 g/mol. The lowest BCUT2D eigenvalue weighted by Gasteiger charge is -2.44. The minimum absolute atomic E-state index is 0.0253. The summed E-state index contributed by atoms with van der Waals surface area (Å²) in [6, 6.07) is 24.4. The predicted molar refractivity (Wildman–Crippen MR) is 232 cm³/mol. The molecule has 62 heavy (non-hydrogen) atoms. The SMILES string of the molecule is CCC(=C(c1ccc(O)cc1)c1ccc(OCCN2CCC(CN3CC4CCC(C3)N4c3cc4c(cc3F)C(=O)N(C3CCC(=O)NC3=O)C4=O)CC2)cc1)c1ccc(O)cc1. The van der Waals surface area contributed by atoms with Crippen LogP contribution >= 0.6 is 0 Å². The fraction of sp³-hybridized carbons (Fsp3) is 0.388. The van der Waals surface area contributed by atoms with E-state index in [1.54, 1.807) is 24.3 Å². The van der Waals surface area contributed by atoms with E-state index in [1.807, 2.05) is 36.4 Å². The summed E-state index contributed by atoms with van der Waals surface area (Å²) in [6.45, 7) is 8.14. The maximum Gasteiger partial charge on any atom is 0.262 e. The number of piperazine rings is 1. The molecule has 3 unspecified atom stereocenters. The smallest absolute Gasteiger partial charge is 0.262 e. The number of fused-ring (bicyclic) bond motifs is 3. The van der Waals surface area contributed by atoms with E-state index in [-0.39, 0.29) is 47.6 Å². The Morgan fingerprint density at radius 1 is 0.742 bits per heavy atom. The van der Waals surface area contributed by atoms with Gasteiger partial charge in [-0.3, -0.25) is 39.2 Å². The molecule has 0 radical (unpaired) electrons. The van der Waals surface area contributed by atoms with Crippen LogP contribution in [-0.4, -0.2) is 113 Å². The highest BCUT2D eigenvalue weighted by Gasteiger charge is 2.47. The maximum absolute atomic E-state index is 15.8. The number of benzene rings is 4. The maximum atomic E-state index is 15.8. The number of halogens is 1. The number of ether oxygens (including phenoxy) is 1. The molecule has 13 heteroatoms. The zero-order chi connectivity index (χ0) is 43.1. The van der Waals surface area contributed by atoms with E-state index in [0.717, 1.165) is 116 Å². The van der Waals surface area contributed by atoms with Gasteiger partial charge in [-0.05, 0) is 134 Å². The zero-order valence-electron chi connectivity index (χ0n) is 34.9. The Balaban J connectivity index is 0.767. The van der Waals surface area contributed by atoms with Crippen molar-refractivity contribution in [2.24, 2.45) is 5.92 Å². The van der Waals surface area contributed by atoms with Crippen LogP contribution in [0.3, 0.4) is 0 Å². The van der Waals surface area contributed by atoms with Crippen molar-refractivity contribution in [2.75, 3.05) is 50.8 Å². The van der Waals surface area contributed by atoms with Gasteiger partial charge in [0.2, 0.25) is 11.8 Å². The highest BCUT2D eigenvalue weighted by atomic mass is 19.1. The van der Waals surface area contributed by atoms with Crippen molar-refractivity contribution in [1.82, 2.24) is 20.0 Å². The second-order valence-electron chi connectivity index (χ2n) is 17.3. The fourth-order valence-corrected chi connectivity index (χ4v) is 10.3. The number of aromatic hydroxyl groups is 2. The lowest BCUT2D eigenvalue weighted by atomic mass is 9.88. The first kappa shape index (κ1) is 41.3. The molecule has 3 atom stereocenters. The van der Waals surface area contributed by atoms with E-state index >= 15 is 4.39 Å². The largest absolute Gasteiger partial charge is 0.508 e. The lowest BCUT2D eigenvalue weighted by Crippen LogP contribution is -2.55. The average molecular weight is 842 g/mol. The van der Waals surface area contributed by atoms with Crippen molar-refractivity contribution in [2.45, 2.75) is 70.0 Å². The third-order valence-electron chi connectivity index (χ3n) is 13.4. The van der Waals surface area contributed by atoms with Crippen molar-refractivity contribution < 1.29 is 38.5 Å². The van der Waals surface area contributed by atoms with Crippen LogP contribution in [0.25, 0.3) is 11.1 Å². The topological polar surface area (TPSA) is 143 Å². The molecular formula is C49H52FN5O7. The van der Waals surface area contributed by atoms with Gasteiger partial charge in [0.25, 0.3) is 11.8 Å². The summed E-state index contributed by atoms with van der Waals surface area (Å²) in [7, 11) is 0. The Morgan fingerprint density at radius 2 is 1.32 bits per heavy atom. The molecule has 4 amide bonds. The number of amides is 4. The molecule has 5 aliphatic rings. The molecule has 4 saturated heterocycles. The molecule has 12 nitrogen and oxygen atoms in total. The summed E-state index contributed by atoms with van der Waals surface area (Å²) in [4.78, 5) is 58.9. The Hall–Kier alpha value is -6.05. The van der Waals surface area contributed by atoms with Crippen molar-refractivity contribution in [3.05, 3.63) is 119 Å². The van der Waals surface area contributed by atoms with E-state index in [0.29, 0.717) is 18.2 Å².